The molecule has 2 atom stereocenters. The van der Waals surface area contributed by atoms with E-state index in [-0.39, 0.29) is 5.82 Å². The zero-order valence-electron chi connectivity index (χ0n) is 9.26. The summed E-state index contributed by atoms with van der Waals surface area (Å²) < 4.78 is 14.5. The predicted molar refractivity (Wildman–Crippen MR) is 67.7 cm³/mol. The molecule has 1 aromatic rings. The molecule has 2 N–H and O–H groups in total. The van der Waals surface area contributed by atoms with E-state index in [0.29, 0.717) is 12.0 Å². The number of rotatable bonds is 2. The van der Waals surface area contributed by atoms with Gasteiger partial charge in [-0.15, -0.1) is 0 Å². The Balaban J connectivity index is 2.05. The molecule has 88 valence electrons. The minimum Gasteiger partial charge on any atom is -0.328 e. The van der Waals surface area contributed by atoms with E-state index in [4.69, 9.17) is 5.73 Å². The third-order valence-corrected chi connectivity index (χ3v) is 3.83. The second kappa shape index (κ2) is 5.28. The highest BCUT2D eigenvalue weighted by molar-refractivity contribution is 9.10. The van der Waals surface area contributed by atoms with E-state index in [0.717, 1.165) is 29.3 Å². The maximum atomic E-state index is 13.6. The van der Waals surface area contributed by atoms with Gasteiger partial charge in [-0.25, -0.2) is 4.39 Å². The molecule has 0 aromatic heterocycles. The molecule has 0 heterocycles. The fourth-order valence-electron chi connectivity index (χ4n) is 2.53. The molecular formula is C13H17BrFN. The van der Waals surface area contributed by atoms with Gasteiger partial charge in [0.05, 0.1) is 0 Å². The summed E-state index contributed by atoms with van der Waals surface area (Å²) in [6.07, 6.45) is 5.34. The van der Waals surface area contributed by atoms with Crippen molar-refractivity contribution in [3.8, 4) is 0 Å². The van der Waals surface area contributed by atoms with Gasteiger partial charge >= 0.3 is 0 Å². The summed E-state index contributed by atoms with van der Waals surface area (Å²) >= 11 is 3.38. The highest BCUT2D eigenvalue weighted by Crippen LogP contribution is 2.28. The summed E-state index contributed by atoms with van der Waals surface area (Å²) in [6.45, 7) is 0. The zero-order valence-corrected chi connectivity index (χ0v) is 10.8. The van der Waals surface area contributed by atoms with Crippen molar-refractivity contribution in [1.82, 2.24) is 0 Å². The van der Waals surface area contributed by atoms with Gasteiger partial charge in [-0.2, -0.15) is 0 Å². The normalized spacial score (nSPS) is 25.7. The van der Waals surface area contributed by atoms with Crippen molar-refractivity contribution in [2.45, 2.75) is 38.1 Å². The van der Waals surface area contributed by atoms with Gasteiger partial charge in [-0.05, 0) is 48.9 Å². The Hall–Kier alpha value is -0.410. The van der Waals surface area contributed by atoms with E-state index < -0.39 is 0 Å². The van der Waals surface area contributed by atoms with Crippen molar-refractivity contribution in [1.29, 1.82) is 0 Å². The second-order valence-electron chi connectivity index (χ2n) is 4.73. The second-order valence-corrected chi connectivity index (χ2v) is 5.65. The van der Waals surface area contributed by atoms with E-state index in [1.807, 2.05) is 6.07 Å². The van der Waals surface area contributed by atoms with Crippen LogP contribution in [0.4, 0.5) is 4.39 Å². The van der Waals surface area contributed by atoms with Gasteiger partial charge in [-0.1, -0.05) is 28.8 Å². The van der Waals surface area contributed by atoms with Crippen LogP contribution in [0, 0.1) is 11.7 Å². The van der Waals surface area contributed by atoms with E-state index in [1.165, 1.54) is 18.9 Å². The van der Waals surface area contributed by atoms with Crippen molar-refractivity contribution in [2.24, 2.45) is 11.7 Å². The average molecular weight is 286 g/mol. The van der Waals surface area contributed by atoms with Gasteiger partial charge in [0.15, 0.2) is 0 Å². The molecule has 3 heteroatoms. The fourth-order valence-corrected chi connectivity index (χ4v) is 2.94. The van der Waals surface area contributed by atoms with Gasteiger partial charge in [0.25, 0.3) is 0 Å². The molecule has 1 aliphatic carbocycles. The van der Waals surface area contributed by atoms with Crippen LogP contribution < -0.4 is 5.73 Å². The molecule has 2 rings (SSSR count). The molecule has 0 aliphatic heterocycles. The lowest BCUT2D eigenvalue weighted by Crippen LogP contribution is -2.28. The van der Waals surface area contributed by atoms with Crippen LogP contribution in [0.3, 0.4) is 0 Å². The number of nitrogens with two attached hydrogens (primary N) is 1. The Morgan fingerprint density at radius 1 is 1.38 bits per heavy atom. The number of benzene rings is 1. The summed E-state index contributed by atoms with van der Waals surface area (Å²) in [4.78, 5) is 0. The Morgan fingerprint density at radius 3 is 2.94 bits per heavy atom. The van der Waals surface area contributed by atoms with Gasteiger partial charge in [0.1, 0.15) is 5.82 Å². The monoisotopic (exact) mass is 285 g/mol. The lowest BCUT2D eigenvalue weighted by Gasteiger charge is -2.26. The minimum absolute atomic E-state index is 0.0951. The molecule has 0 spiro atoms. The molecule has 16 heavy (non-hydrogen) atoms. The predicted octanol–water partition coefficient (Wildman–Crippen LogP) is 3.65. The van der Waals surface area contributed by atoms with E-state index in [9.17, 15) is 4.39 Å². The zero-order chi connectivity index (χ0) is 11.5. The molecule has 1 aliphatic rings. The van der Waals surface area contributed by atoms with Crippen molar-refractivity contribution in [3.63, 3.8) is 0 Å². The Bertz CT molecular complexity index is 367. The first-order chi connectivity index (χ1) is 7.65. The Labute approximate surface area is 104 Å². The molecule has 1 saturated carbocycles. The lowest BCUT2D eigenvalue weighted by molar-refractivity contribution is 0.318. The topological polar surface area (TPSA) is 26.0 Å². The Kier molecular flexibility index (Phi) is 3.98. The van der Waals surface area contributed by atoms with Crippen molar-refractivity contribution < 1.29 is 4.39 Å². The first-order valence-electron chi connectivity index (χ1n) is 5.84. The summed E-state index contributed by atoms with van der Waals surface area (Å²) in [7, 11) is 0. The summed E-state index contributed by atoms with van der Waals surface area (Å²) in [5.41, 5.74) is 6.76. The smallest absolute Gasteiger partial charge is 0.126 e. The van der Waals surface area contributed by atoms with E-state index >= 15 is 0 Å². The van der Waals surface area contributed by atoms with Crippen LogP contribution in [0.15, 0.2) is 22.7 Å². The quantitative estimate of drug-likeness (QED) is 0.882. The van der Waals surface area contributed by atoms with Crippen molar-refractivity contribution in [3.05, 3.63) is 34.1 Å². The number of hydrogen-bond acceptors (Lipinski definition) is 1. The molecule has 0 saturated heterocycles. The van der Waals surface area contributed by atoms with Crippen LogP contribution in [-0.4, -0.2) is 6.04 Å². The molecule has 2 unspecified atom stereocenters. The SMILES string of the molecule is NC1CCCC(Cc2cc(Br)ccc2F)C1. The van der Waals surface area contributed by atoms with Crippen LogP contribution in [-0.2, 0) is 6.42 Å². The minimum atomic E-state index is -0.0951. The number of halogens is 2. The summed E-state index contributed by atoms with van der Waals surface area (Å²) in [6, 6.07) is 5.47. The number of hydrogen-bond donors (Lipinski definition) is 1. The third kappa shape index (κ3) is 3.05. The first-order valence-corrected chi connectivity index (χ1v) is 6.64. The van der Waals surface area contributed by atoms with Gasteiger partial charge < -0.3 is 5.73 Å². The van der Waals surface area contributed by atoms with Crippen molar-refractivity contribution in [2.75, 3.05) is 0 Å². The molecule has 0 bridgehead atoms. The maximum Gasteiger partial charge on any atom is 0.126 e. The van der Waals surface area contributed by atoms with Gasteiger partial charge in [-0.3, -0.25) is 0 Å². The van der Waals surface area contributed by atoms with Crippen LogP contribution in [0.1, 0.15) is 31.2 Å². The van der Waals surface area contributed by atoms with Crippen molar-refractivity contribution >= 4 is 15.9 Å². The average Bonchev–Trinajstić information content (AvgIpc) is 2.24. The van der Waals surface area contributed by atoms with Crippen LogP contribution in [0.25, 0.3) is 0 Å². The summed E-state index contributed by atoms with van der Waals surface area (Å²) in [5, 5.41) is 0. The first kappa shape index (κ1) is 12.1. The van der Waals surface area contributed by atoms with Crippen LogP contribution in [0.2, 0.25) is 0 Å². The Morgan fingerprint density at radius 2 is 2.19 bits per heavy atom. The third-order valence-electron chi connectivity index (χ3n) is 3.34. The van der Waals surface area contributed by atoms with Crippen LogP contribution >= 0.6 is 15.9 Å². The lowest BCUT2D eigenvalue weighted by atomic mass is 9.82. The van der Waals surface area contributed by atoms with Gasteiger partial charge in [0.2, 0.25) is 0 Å². The molecule has 1 aromatic carbocycles. The maximum absolute atomic E-state index is 13.6. The fraction of sp³-hybridized carbons (Fsp3) is 0.538. The molecule has 0 amide bonds. The van der Waals surface area contributed by atoms with E-state index in [1.54, 1.807) is 6.07 Å². The standard InChI is InChI=1S/C13H17BrFN/c14-11-4-5-13(15)10(8-11)6-9-2-1-3-12(16)7-9/h4-5,8-9,12H,1-3,6-7,16H2. The summed E-state index contributed by atoms with van der Waals surface area (Å²) in [5.74, 6) is 0.454. The van der Waals surface area contributed by atoms with E-state index in [2.05, 4.69) is 15.9 Å². The van der Waals surface area contributed by atoms with Gasteiger partial charge in [0, 0.05) is 10.5 Å². The largest absolute Gasteiger partial charge is 0.328 e. The molecule has 1 fully saturated rings. The molecular weight excluding hydrogens is 269 g/mol. The highest BCUT2D eigenvalue weighted by Gasteiger charge is 2.20. The highest BCUT2D eigenvalue weighted by atomic mass is 79.9. The molecule has 1 nitrogen and oxygen atoms in total. The molecule has 0 radical (unpaired) electrons. The van der Waals surface area contributed by atoms with Crippen LogP contribution in [0.5, 0.6) is 0 Å².